The van der Waals surface area contributed by atoms with Gasteiger partial charge in [-0.05, 0) is 28.2 Å². The van der Waals surface area contributed by atoms with Crippen LogP contribution < -0.4 is 12.4 Å². The molecule has 0 spiro atoms. The molecule has 0 aromatic rings. The van der Waals surface area contributed by atoms with E-state index in [1.165, 1.54) is 15.6 Å². The first kappa shape index (κ1) is 18.0. The van der Waals surface area contributed by atoms with Crippen molar-refractivity contribution in [1.29, 1.82) is 0 Å². The van der Waals surface area contributed by atoms with Crippen molar-refractivity contribution in [3.8, 4) is 0 Å². The van der Waals surface area contributed by atoms with Crippen molar-refractivity contribution in [1.82, 2.24) is 9.80 Å². The first-order chi connectivity index (χ1) is 4.63. The zero-order valence-electron chi connectivity index (χ0n) is 7.56. The number of hydrogen-bond donors (Lipinski definition) is 0. The number of nitrogens with zero attached hydrogens (tertiary/aromatic N) is 2. The molecule has 0 bridgehead atoms. The van der Waals surface area contributed by atoms with Gasteiger partial charge in [0.2, 0.25) is 0 Å². The average molecular weight is 260 g/mol. The summed E-state index contributed by atoms with van der Waals surface area (Å²) in [6.45, 7) is 2.29. The first-order valence-corrected chi connectivity index (χ1v) is 5.87. The van der Waals surface area contributed by atoms with Crippen molar-refractivity contribution in [3.05, 3.63) is 0 Å². The van der Waals surface area contributed by atoms with Crippen LogP contribution in [0.3, 0.4) is 0 Å². The van der Waals surface area contributed by atoms with Crippen molar-refractivity contribution >= 4 is 25.6 Å². The molecule has 0 atom stereocenters. The second-order valence-corrected chi connectivity index (χ2v) is 2.61. The summed E-state index contributed by atoms with van der Waals surface area (Å²) in [5.41, 5.74) is 0. The second-order valence-electron chi connectivity index (χ2n) is 2.61. The van der Waals surface area contributed by atoms with Crippen LogP contribution in [0.2, 0.25) is 0 Å². The maximum atomic E-state index is 4.64. The molecule has 0 aromatic heterocycles. The minimum absolute atomic E-state index is 0. The van der Waals surface area contributed by atoms with Crippen LogP contribution in [0, 0.1) is 0 Å². The Bertz CT molecular complexity index is 54.5. The van der Waals surface area contributed by atoms with Crippen LogP contribution in [0.15, 0.2) is 0 Å². The molecule has 2 nitrogen and oxygen atoms in total. The first-order valence-electron chi connectivity index (χ1n) is 3.11. The Balaban J connectivity index is -0.000000196. The quantitative estimate of drug-likeness (QED) is 0.514. The summed E-state index contributed by atoms with van der Waals surface area (Å²) in [5, 5.41) is 0. The van der Waals surface area contributed by atoms with E-state index in [1.807, 2.05) is 0 Å². The molecule has 0 aromatic carbocycles. The molecule has 0 saturated heterocycles. The van der Waals surface area contributed by atoms with Crippen molar-refractivity contribution in [2.24, 2.45) is 0 Å². The Morgan fingerprint density at radius 2 is 1.09 bits per heavy atom. The molecule has 0 heterocycles. The van der Waals surface area contributed by atoms with E-state index in [9.17, 15) is 0 Å². The molecular formula is C6H16Cl2GeN2-. The summed E-state index contributed by atoms with van der Waals surface area (Å²) in [7, 11) is 13.0. The Hall–Kier alpha value is 1.04. The second kappa shape index (κ2) is 13.6. The standard InChI is InChI=1S/C6H16N2.ClGe.ClH/c1-7(2)5-6-8(3)4;1-2;/h5-6H2,1-4H3;;1H/p-1. The molecule has 0 aliphatic rings. The van der Waals surface area contributed by atoms with Gasteiger partial charge in [0.05, 0.1) is 0 Å². The van der Waals surface area contributed by atoms with Gasteiger partial charge < -0.3 is 22.2 Å². The number of likely N-dealkylation sites (N-methyl/N-ethyl adjacent to an activating group) is 2. The van der Waals surface area contributed by atoms with Crippen LogP contribution >= 0.6 is 10.0 Å². The Morgan fingerprint density at radius 1 is 0.909 bits per heavy atom. The van der Waals surface area contributed by atoms with Crippen molar-refractivity contribution < 1.29 is 12.4 Å². The van der Waals surface area contributed by atoms with Gasteiger partial charge in [0.15, 0.2) is 0 Å². The van der Waals surface area contributed by atoms with E-state index in [2.05, 4.69) is 48.0 Å². The fourth-order valence-electron chi connectivity index (χ4n) is 0.400. The predicted octanol–water partition coefficient (Wildman–Crippen LogP) is -2.58. The van der Waals surface area contributed by atoms with Gasteiger partial charge in [0.1, 0.15) is 0 Å². The van der Waals surface area contributed by atoms with E-state index in [1.54, 1.807) is 0 Å². The van der Waals surface area contributed by atoms with E-state index >= 15 is 0 Å². The molecule has 0 aliphatic carbocycles. The van der Waals surface area contributed by atoms with Gasteiger partial charge in [-0.1, -0.05) is 0 Å². The molecule has 0 unspecified atom stereocenters. The van der Waals surface area contributed by atoms with Gasteiger partial charge in [-0.2, -0.15) is 0 Å². The molecule has 3 radical (unpaired) electrons. The van der Waals surface area contributed by atoms with Gasteiger partial charge >= 0.3 is 25.6 Å². The normalized spacial score (nSPS) is 8.73. The molecular weight excluding hydrogens is 244 g/mol. The fraction of sp³-hybridized carbons (Fsp3) is 1.00. The van der Waals surface area contributed by atoms with E-state index in [-0.39, 0.29) is 12.4 Å². The van der Waals surface area contributed by atoms with E-state index in [4.69, 9.17) is 0 Å². The molecule has 0 aliphatic heterocycles. The van der Waals surface area contributed by atoms with Crippen LogP contribution in [-0.2, 0) is 0 Å². The van der Waals surface area contributed by atoms with Crippen LogP contribution in [0.1, 0.15) is 0 Å². The predicted molar refractivity (Wildman–Crippen MR) is 48.7 cm³/mol. The van der Waals surface area contributed by atoms with Gasteiger partial charge in [-0.15, -0.1) is 0 Å². The van der Waals surface area contributed by atoms with Crippen LogP contribution in [0.5, 0.6) is 0 Å². The third-order valence-corrected chi connectivity index (χ3v) is 0.994. The average Bonchev–Trinajstić information content (AvgIpc) is 1.89. The SMILES string of the molecule is CN(C)CCN(C)C.[Cl-].[Cl][Ge]. The number of halogens is 2. The van der Waals surface area contributed by atoms with Crippen LogP contribution in [-0.4, -0.2) is 66.7 Å². The molecule has 0 saturated carbocycles. The van der Waals surface area contributed by atoms with Crippen LogP contribution in [0.25, 0.3) is 0 Å². The molecule has 11 heavy (non-hydrogen) atoms. The summed E-state index contributed by atoms with van der Waals surface area (Å²) >= 11 is 1.47. The van der Waals surface area contributed by atoms with Crippen molar-refractivity contribution in [3.63, 3.8) is 0 Å². The number of hydrogen-bond acceptors (Lipinski definition) is 2. The molecule has 0 amide bonds. The number of rotatable bonds is 3. The van der Waals surface area contributed by atoms with Gasteiger partial charge in [0.25, 0.3) is 0 Å². The Morgan fingerprint density at radius 3 is 1.18 bits per heavy atom. The van der Waals surface area contributed by atoms with E-state index in [0.29, 0.717) is 0 Å². The third-order valence-electron chi connectivity index (χ3n) is 0.994. The summed E-state index contributed by atoms with van der Waals surface area (Å²) < 4.78 is 0. The maximum absolute atomic E-state index is 4.64. The summed E-state index contributed by atoms with van der Waals surface area (Å²) in [6.07, 6.45) is 0. The molecule has 0 rings (SSSR count). The summed E-state index contributed by atoms with van der Waals surface area (Å²) in [6, 6.07) is 0. The zero-order valence-corrected chi connectivity index (χ0v) is 11.2. The zero-order chi connectivity index (χ0) is 8.57. The molecule has 5 heteroatoms. The van der Waals surface area contributed by atoms with Gasteiger partial charge in [-0.3, -0.25) is 0 Å². The molecule has 69 valence electrons. The van der Waals surface area contributed by atoms with Gasteiger partial charge in [-0.25, -0.2) is 0 Å². The minimum atomic E-state index is 0. The summed E-state index contributed by atoms with van der Waals surface area (Å²) in [5.74, 6) is 0. The summed E-state index contributed by atoms with van der Waals surface area (Å²) in [4.78, 5) is 4.36. The third kappa shape index (κ3) is 24.7. The molecule has 0 N–H and O–H groups in total. The van der Waals surface area contributed by atoms with E-state index < -0.39 is 0 Å². The van der Waals surface area contributed by atoms with Crippen molar-refractivity contribution in [2.75, 3.05) is 41.3 Å². The van der Waals surface area contributed by atoms with Crippen molar-refractivity contribution in [2.45, 2.75) is 0 Å². The Labute approximate surface area is 89.1 Å². The van der Waals surface area contributed by atoms with Gasteiger partial charge in [0, 0.05) is 13.1 Å². The topological polar surface area (TPSA) is 6.48 Å². The van der Waals surface area contributed by atoms with E-state index in [0.717, 1.165) is 13.1 Å². The monoisotopic (exact) mass is 260 g/mol. The fourth-order valence-corrected chi connectivity index (χ4v) is 0.400. The van der Waals surface area contributed by atoms with Crippen LogP contribution in [0.4, 0.5) is 0 Å². The molecule has 0 fully saturated rings. The Kier molecular flexibility index (Phi) is 22.2.